The van der Waals surface area contributed by atoms with Gasteiger partial charge in [-0.15, -0.1) is 0 Å². The first-order chi connectivity index (χ1) is 19.6. The van der Waals surface area contributed by atoms with Gasteiger partial charge in [0.15, 0.2) is 23.8 Å². The number of nitrogens with zero attached hydrogens (tertiary/aromatic N) is 3. The maximum absolute atomic E-state index is 13.7. The van der Waals surface area contributed by atoms with Crippen LogP contribution in [0.25, 0.3) is 0 Å². The molecule has 2 aliphatic heterocycles. The van der Waals surface area contributed by atoms with Crippen LogP contribution in [0.3, 0.4) is 0 Å². The van der Waals surface area contributed by atoms with Gasteiger partial charge in [-0.05, 0) is 37.6 Å². The van der Waals surface area contributed by atoms with Crippen LogP contribution >= 0.6 is 0 Å². The van der Waals surface area contributed by atoms with Crippen LogP contribution in [-0.2, 0) is 35.2 Å². The number of aryl methyl sites for hydroxylation is 1. The number of amides is 2. The summed E-state index contributed by atoms with van der Waals surface area (Å²) in [5.41, 5.74) is 1.80. The first-order valence-corrected chi connectivity index (χ1v) is 13.0. The monoisotopic (exact) mass is 573 g/mol. The Labute approximate surface area is 235 Å². The molecular weight excluding hydrogens is 541 g/mol. The summed E-state index contributed by atoms with van der Waals surface area (Å²) in [7, 11) is 1.37. The van der Waals surface area contributed by atoms with E-state index in [4.69, 9.17) is 23.8 Å². The smallest absolute Gasteiger partial charge is 0.303 e. The van der Waals surface area contributed by atoms with E-state index >= 15 is 0 Å². The highest BCUT2D eigenvalue weighted by Gasteiger charge is 2.36. The van der Waals surface area contributed by atoms with E-state index in [2.05, 4.69) is 25.8 Å². The number of carbonyl (C=O) groups excluding carboxylic acids is 3. The zero-order valence-corrected chi connectivity index (χ0v) is 23.1. The maximum atomic E-state index is 13.7. The Morgan fingerprint density at radius 3 is 2.63 bits per heavy atom. The van der Waals surface area contributed by atoms with Crippen molar-refractivity contribution in [2.45, 2.75) is 58.2 Å². The van der Waals surface area contributed by atoms with Gasteiger partial charge in [0, 0.05) is 26.4 Å². The normalized spacial score (nSPS) is 20.8. The fraction of sp³-hybridized carbons (Fsp3) is 0.481. The molecule has 1 saturated heterocycles. The van der Waals surface area contributed by atoms with Crippen molar-refractivity contribution in [3.8, 4) is 5.75 Å². The molecule has 220 valence electrons. The van der Waals surface area contributed by atoms with Gasteiger partial charge in [0.05, 0.1) is 32.1 Å². The standard InChI is InChI=1S/C27H32FN5O8/c1-14(40-16(3)34)26(35)30-11-18-12-39-25(13-38-18)24-9-21(33-41-24)20-8-22(32-15(2)31-20)27(36)29-10-17-5-6-19(28)23(7-17)37-4/h5-8,14,18,24-25H,9-13H2,1-4H3,(H,29,36)(H,30,35)/t14?,18-,24?,25-/m1/s1. The third kappa shape index (κ3) is 7.95. The van der Waals surface area contributed by atoms with Crippen LogP contribution in [-0.4, -0.2) is 84.7 Å². The van der Waals surface area contributed by atoms with Crippen LogP contribution in [0.5, 0.6) is 5.75 Å². The van der Waals surface area contributed by atoms with Gasteiger partial charge in [0.25, 0.3) is 11.8 Å². The van der Waals surface area contributed by atoms with Crippen molar-refractivity contribution in [1.29, 1.82) is 0 Å². The quantitative estimate of drug-likeness (QED) is 0.396. The average Bonchev–Trinajstić information content (AvgIpc) is 3.45. The molecule has 0 radical (unpaired) electrons. The molecule has 0 saturated carbocycles. The third-order valence-corrected chi connectivity index (χ3v) is 6.35. The van der Waals surface area contributed by atoms with Gasteiger partial charge < -0.3 is 34.4 Å². The van der Waals surface area contributed by atoms with E-state index in [1.807, 2.05) is 0 Å². The van der Waals surface area contributed by atoms with E-state index in [1.165, 1.54) is 39.2 Å². The Morgan fingerprint density at radius 1 is 1.12 bits per heavy atom. The van der Waals surface area contributed by atoms with E-state index in [9.17, 15) is 18.8 Å². The molecule has 2 amide bonds. The van der Waals surface area contributed by atoms with E-state index in [-0.39, 0.29) is 43.9 Å². The van der Waals surface area contributed by atoms with Gasteiger partial charge in [0.1, 0.15) is 23.3 Å². The minimum absolute atomic E-state index is 0.0891. The molecule has 0 spiro atoms. The molecule has 2 aliphatic rings. The lowest BCUT2D eigenvalue weighted by atomic mass is 10.0. The van der Waals surface area contributed by atoms with Gasteiger partial charge >= 0.3 is 5.97 Å². The van der Waals surface area contributed by atoms with Crippen molar-refractivity contribution in [2.75, 3.05) is 26.9 Å². The Kier molecular flexibility index (Phi) is 9.78. The first-order valence-electron chi connectivity index (χ1n) is 13.0. The maximum Gasteiger partial charge on any atom is 0.303 e. The van der Waals surface area contributed by atoms with Crippen LogP contribution in [0.15, 0.2) is 29.4 Å². The zero-order chi connectivity index (χ0) is 29.5. The summed E-state index contributed by atoms with van der Waals surface area (Å²) in [5.74, 6) is -1.41. The highest BCUT2D eigenvalue weighted by Crippen LogP contribution is 2.23. The summed E-state index contributed by atoms with van der Waals surface area (Å²) in [6.45, 7) is 5.18. The lowest BCUT2D eigenvalue weighted by molar-refractivity contribution is -0.171. The summed E-state index contributed by atoms with van der Waals surface area (Å²) in [6.07, 6.45) is -1.72. The highest BCUT2D eigenvalue weighted by atomic mass is 19.1. The number of rotatable bonds is 10. The van der Waals surface area contributed by atoms with Crippen molar-refractivity contribution in [2.24, 2.45) is 5.16 Å². The van der Waals surface area contributed by atoms with Gasteiger partial charge in [-0.3, -0.25) is 14.4 Å². The summed E-state index contributed by atoms with van der Waals surface area (Å²) in [4.78, 5) is 50.1. The number of benzene rings is 1. The second-order valence-corrected chi connectivity index (χ2v) is 9.55. The van der Waals surface area contributed by atoms with Crippen LogP contribution in [0.1, 0.15) is 47.8 Å². The molecule has 3 heterocycles. The predicted molar refractivity (Wildman–Crippen MR) is 141 cm³/mol. The molecule has 2 aromatic rings. The van der Waals surface area contributed by atoms with Gasteiger partial charge in [-0.25, -0.2) is 14.4 Å². The van der Waals surface area contributed by atoms with Crippen molar-refractivity contribution in [1.82, 2.24) is 20.6 Å². The molecule has 2 N–H and O–H groups in total. The van der Waals surface area contributed by atoms with Crippen LogP contribution in [0, 0.1) is 12.7 Å². The molecule has 0 bridgehead atoms. The zero-order valence-electron chi connectivity index (χ0n) is 23.1. The number of methoxy groups -OCH3 is 1. The second kappa shape index (κ2) is 13.5. The van der Waals surface area contributed by atoms with Crippen LogP contribution in [0.4, 0.5) is 4.39 Å². The lowest BCUT2D eigenvalue weighted by Crippen LogP contribution is -2.48. The van der Waals surface area contributed by atoms with Crippen LogP contribution < -0.4 is 15.4 Å². The summed E-state index contributed by atoms with van der Waals surface area (Å²) < 4.78 is 35.2. The summed E-state index contributed by atoms with van der Waals surface area (Å²) in [6, 6.07) is 5.88. The predicted octanol–water partition coefficient (Wildman–Crippen LogP) is 1.21. The molecule has 1 aromatic heterocycles. The number of halogens is 1. The van der Waals surface area contributed by atoms with Crippen LogP contribution in [0.2, 0.25) is 0 Å². The van der Waals surface area contributed by atoms with E-state index in [1.54, 1.807) is 13.0 Å². The Morgan fingerprint density at radius 2 is 1.93 bits per heavy atom. The Bertz CT molecular complexity index is 1310. The minimum Gasteiger partial charge on any atom is -0.494 e. The number of hydrogen-bond acceptors (Lipinski definition) is 11. The van der Waals surface area contributed by atoms with Crippen molar-refractivity contribution >= 4 is 23.5 Å². The molecule has 41 heavy (non-hydrogen) atoms. The lowest BCUT2D eigenvalue weighted by Gasteiger charge is -2.31. The minimum atomic E-state index is -0.900. The summed E-state index contributed by atoms with van der Waals surface area (Å²) in [5, 5.41) is 9.60. The molecular formula is C27H32FN5O8. The topological polar surface area (TPSA) is 160 Å². The van der Waals surface area contributed by atoms with Crippen molar-refractivity contribution < 1.29 is 42.6 Å². The van der Waals surface area contributed by atoms with Gasteiger partial charge in [-0.2, -0.15) is 0 Å². The van der Waals surface area contributed by atoms with Crippen molar-refractivity contribution in [3.05, 3.63) is 52.9 Å². The number of carbonyl (C=O) groups is 3. The molecule has 1 fully saturated rings. The number of oxime groups is 1. The fourth-order valence-electron chi connectivity index (χ4n) is 4.22. The van der Waals surface area contributed by atoms with E-state index in [0.29, 0.717) is 29.2 Å². The van der Waals surface area contributed by atoms with Crippen molar-refractivity contribution in [3.63, 3.8) is 0 Å². The molecule has 2 unspecified atom stereocenters. The highest BCUT2D eigenvalue weighted by molar-refractivity contribution is 6.02. The molecule has 4 atom stereocenters. The second-order valence-electron chi connectivity index (χ2n) is 9.55. The Balaban J connectivity index is 1.27. The number of ether oxygens (including phenoxy) is 4. The Hall–Kier alpha value is -4.17. The molecule has 0 aliphatic carbocycles. The number of esters is 1. The molecule has 14 heteroatoms. The number of nitrogens with one attached hydrogen (secondary N) is 2. The fourth-order valence-corrected chi connectivity index (χ4v) is 4.22. The SMILES string of the molecule is COc1cc(CNC(=O)c2cc(C3=NOC([C@H]4CO[C@H](CNC(=O)C(C)OC(C)=O)CO4)C3)nc(C)n2)ccc1F. The third-order valence-electron chi connectivity index (χ3n) is 6.35. The van der Waals surface area contributed by atoms with Gasteiger partial charge in [0.2, 0.25) is 0 Å². The number of hydrogen-bond donors (Lipinski definition) is 2. The molecule has 4 rings (SSSR count). The van der Waals surface area contributed by atoms with Gasteiger partial charge in [-0.1, -0.05) is 11.2 Å². The molecule has 13 nitrogen and oxygen atoms in total. The number of aromatic nitrogens is 2. The average molecular weight is 574 g/mol. The largest absolute Gasteiger partial charge is 0.494 e. The van der Waals surface area contributed by atoms with E-state index in [0.717, 1.165) is 0 Å². The first kappa shape index (κ1) is 29.8. The summed E-state index contributed by atoms with van der Waals surface area (Å²) >= 11 is 0. The molecule has 1 aromatic carbocycles. The van der Waals surface area contributed by atoms with E-state index < -0.39 is 41.9 Å².